The molecule has 1 atom stereocenters. The third-order valence-corrected chi connectivity index (χ3v) is 6.31. The molecule has 8 nitrogen and oxygen atoms in total. The van der Waals surface area contributed by atoms with E-state index in [1.807, 2.05) is 10.8 Å². The molecule has 0 unspecified atom stereocenters. The average Bonchev–Trinajstić information content (AvgIpc) is 3.30. The van der Waals surface area contributed by atoms with Crippen LogP contribution in [0.4, 0.5) is 10.2 Å². The summed E-state index contributed by atoms with van der Waals surface area (Å²) in [6.07, 6.45) is 4.84. The minimum absolute atomic E-state index is 0.0389. The quantitative estimate of drug-likeness (QED) is 0.424. The maximum absolute atomic E-state index is 13.9. The molecule has 2 aromatic carbocycles. The fraction of sp³-hybridized carbons (Fsp3) is 0.192. The Morgan fingerprint density at radius 1 is 1.23 bits per heavy atom. The van der Waals surface area contributed by atoms with Gasteiger partial charge in [0.1, 0.15) is 11.3 Å². The van der Waals surface area contributed by atoms with Crippen LogP contribution in [0.15, 0.2) is 72.2 Å². The number of nitrogen functional groups attached to an aromatic ring is 1. The van der Waals surface area contributed by atoms with Gasteiger partial charge < -0.3 is 19.9 Å². The molecule has 5 rings (SSSR count). The number of carbonyl (C=O) groups is 1. The highest BCUT2D eigenvalue weighted by molar-refractivity contribution is 5.92. The van der Waals surface area contributed by atoms with Crippen molar-refractivity contribution < 1.29 is 13.9 Å². The monoisotopic (exact) mass is 473 g/mol. The second-order valence-electron chi connectivity index (χ2n) is 8.47. The lowest BCUT2D eigenvalue weighted by Crippen LogP contribution is -2.38. The lowest BCUT2D eigenvalue weighted by atomic mass is 9.90. The molecule has 4 aromatic rings. The topological polar surface area (TPSA) is 106 Å². The molecule has 1 aliphatic rings. The maximum atomic E-state index is 13.9. The highest BCUT2D eigenvalue weighted by Crippen LogP contribution is 2.35. The van der Waals surface area contributed by atoms with E-state index in [1.165, 1.54) is 12.1 Å². The average molecular weight is 474 g/mol. The number of nitrogens with one attached hydrogen (secondary N) is 1. The Morgan fingerprint density at radius 2 is 2.00 bits per heavy atom. The zero-order valence-corrected chi connectivity index (χ0v) is 18.9. The number of aromatic nitrogens is 3. The van der Waals surface area contributed by atoms with Crippen molar-refractivity contribution in [2.24, 2.45) is 0 Å². The fourth-order valence-corrected chi connectivity index (χ4v) is 4.64. The minimum Gasteiger partial charge on any atom is -0.454 e. The van der Waals surface area contributed by atoms with Gasteiger partial charge in [0.05, 0.1) is 5.39 Å². The Kier molecular flexibility index (Phi) is 5.82. The molecular weight excluding hydrogens is 449 g/mol. The normalized spacial score (nSPS) is 15.8. The largest absolute Gasteiger partial charge is 0.454 e. The van der Waals surface area contributed by atoms with Gasteiger partial charge in [0, 0.05) is 30.9 Å². The predicted molar refractivity (Wildman–Crippen MR) is 131 cm³/mol. The number of carbonyl (C=O) groups excluding carboxylic acids is 1. The number of fused-ring (bicyclic) bond motifs is 1. The number of halogens is 1. The molecule has 0 radical (unpaired) electrons. The summed E-state index contributed by atoms with van der Waals surface area (Å²) in [5.41, 5.74) is 7.91. The van der Waals surface area contributed by atoms with E-state index in [9.17, 15) is 14.0 Å². The van der Waals surface area contributed by atoms with Crippen LogP contribution in [0, 0.1) is 5.82 Å². The van der Waals surface area contributed by atoms with Crippen LogP contribution in [0.2, 0.25) is 0 Å². The summed E-state index contributed by atoms with van der Waals surface area (Å²) in [7, 11) is 0. The summed E-state index contributed by atoms with van der Waals surface area (Å²) in [5, 5.41) is 6.90. The Bertz CT molecular complexity index is 1470. The van der Waals surface area contributed by atoms with E-state index in [1.54, 1.807) is 47.4 Å². The molecule has 1 aliphatic heterocycles. The van der Waals surface area contributed by atoms with Crippen molar-refractivity contribution in [3.8, 4) is 17.2 Å². The van der Waals surface area contributed by atoms with Gasteiger partial charge in [-0.2, -0.15) is 5.10 Å². The van der Waals surface area contributed by atoms with Crippen molar-refractivity contribution in [1.29, 1.82) is 0 Å². The zero-order valence-electron chi connectivity index (χ0n) is 18.9. The molecule has 0 saturated carbocycles. The molecule has 2 aromatic heterocycles. The summed E-state index contributed by atoms with van der Waals surface area (Å²) in [5.74, 6) is 0.164. The molecule has 0 spiro atoms. The van der Waals surface area contributed by atoms with E-state index < -0.39 is 5.82 Å². The summed E-state index contributed by atoms with van der Waals surface area (Å²) in [4.78, 5) is 26.8. The van der Waals surface area contributed by atoms with Crippen LogP contribution in [0.1, 0.15) is 24.3 Å². The Labute approximate surface area is 200 Å². The first kappa shape index (κ1) is 22.4. The number of hydrogen-bond acceptors (Lipinski definition) is 5. The van der Waals surface area contributed by atoms with Crippen molar-refractivity contribution in [3.63, 3.8) is 0 Å². The van der Waals surface area contributed by atoms with Crippen LogP contribution in [-0.2, 0) is 4.79 Å². The fourth-order valence-electron chi connectivity index (χ4n) is 4.64. The van der Waals surface area contributed by atoms with Gasteiger partial charge >= 0.3 is 0 Å². The molecular formula is C26H24FN5O3. The van der Waals surface area contributed by atoms with Gasteiger partial charge in [-0.15, -0.1) is 0 Å². The first-order chi connectivity index (χ1) is 17.0. The van der Waals surface area contributed by atoms with Gasteiger partial charge in [-0.25, -0.2) is 9.49 Å². The number of hydrogen-bond donors (Lipinski definition) is 2. The molecule has 9 heteroatoms. The molecule has 1 amide bonds. The molecule has 3 N–H and O–H groups in total. The first-order valence-electron chi connectivity index (χ1n) is 11.3. The molecule has 178 valence electrons. The molecule has 0 aliphatic carbocycles. The number of benzene rings is 2. The van der Waals surface area contributed by atoms with Gasteiger partial charge in [0.25, 0.3) is 5.56 Å². The Hall–Kier alpha value is -4.40. The van der Waals surface area contributed by atoms with Crippen LogP contribution in [0.5, 0.6) is 11.5 Å². The molecule has 3 heterocycles. The highest BCUT2D eigenvalue weighted by Gasteiger charge is 2.28. The van der Waals surface area contributed by atoms with Gasteiger partial charge in [-0.3, -0.25) is 9.59 Å². The van der Waals surface area contributed by atoms with Crippen LogP contribution < -0.4 is 16.0 Å². The molecule has 1 saturated heterocycles. The maximum Gasteiger partial charge on any atom is 0.274 e. The number of anilines is 1. The number of nitrogens with zero attached hydrogens (tertiary/aromatic N) is 3. The van der Waals surface area contributed by atoms with Crippen molar-refractivity contribution in [2.45, 2.75) is 18.8 Å². The number of aromatic amines is 1. The van der Waals surface area contributed by atoms with Gasteiger partial charge in [0.15, 0.2) is 17.4 Å². The van der Waals surface area contributed by atoms with E-state index in [-0.39, 0.29) is 29.0 Å². The second-order valence-corrected chi connectivity index (χ2v) is 8.47. The van der Waals surface area contributed by atoms with E-state index in [0.29, 0.717) is 29.7 Å². The van der Waals surface area contributed by atoms with Crippen molar-refractivity contribution >= 4 is 22.6 Å². The smallest absolute Gasteiger partial charge is 0.274 e. The Balaban J connectivity index is 1.54. The minimum atomic E-state index is -0.452. The van der Waals surface area contributed by atoms with Gasteiger partial charge in [0.2, 0.25) is 5.91 Å². The van der Waals surface area contributed by atoms with Crippen LogP contribution in [-0.4, -0.2) is 38.7 Å². The van der Waals surface area contributed by atoms with Crippen molar-refractivity contribution in [1.82, 2.24) is 19.7 Å². The lowest BCUT2D eigenvalue weighted by molar-refractivity contribution is -0.127. The van der Waals surface area contributed by atoms with E-state index in [4.69, 9.17) is 10.5 Å². The molecule has 0 bridgehead atoms. The van der Waals surface area contributed by atoms with Gasteiger partial charge in [-0.05, 0) is 60.9 Å². The third-order valence-electron chi connectivity index (χ3n) is 6.31. The van der Waals surface area contributed by atoms with E-state index in [0.717, 1.165) is 24.1 Å². The SMILES string of the molecule is C=CC(=O)N1CCC[C@@H](c2cn(-c3ccc(Oc4ccccc4F)cc3)c3c(N)n[nH]c(=O)c23)C1. The number of H-pyrrole nitrogens is 1. The number of rotatable bonds is 5. The van der Waals surface area contributed by atoms with Gasteiger partial charge in [-0.1, -0.05) is 18.7 Å². The third kappa shape index (κ3) is 4.16. The second kappa shape index (κ2) is 9.09. The Morgan fingerprint density at radius 3 is 2.74 bits per heavy atom. The summed E-state index contributed by atoms with van der Waals surface area (Å²) in [6.45, 7) is 4.73. The molecule has 35 heavy (non-hydrogen) atoms. The highest BCUT2D eigenvalue weighted by atomic mass is 19.1. The van der Waals surface area contributed by atoms with Crippen molar-refractivity contribution in [2.75, 3.05) is 18.8 Å². The zero-order chi connectivity index (χ0) is 24.5. The summed E-state index contributed by atoms with van der Waals surface area (Å²) in [6, 6.07) is 13.2. The van der Waals surface area contributed by atoms with Crippen LogP contribution in [0.25, 0.3) is 16.6 Å². The number of para-hydroxylation sites is 1. The van der Waals surface area contributed by atoms with Crippen molar-refractivity contribution in [3.05, 3.63) is 89.1 Å². The first-order valence-corrected chi connectivity index (χ1v) is 11.3. The van der Waals surface area contributed by atoms with Crippen LogP contribution in [0.3, 0.4) is 0 Å². The number of likely N-dealkylation sites (tertiary alicyclic amines) is 1. The number of nitrogens with two attached hydrogens (primary N) is 1. The lowest BCUT2D eigenvalue weighted by Gasteiger charge is -2.32. The molecule has 1 fully saturated rings. The van der Waals surface area contributed by atoms with E-state index >= 15 is 0 Å². The summed E-state index contributed by atoms with van der Waals surface area (Å²) >= 11 is 0. The predicted octanol–water partition coefficient (Wildman–Crippen LogP) is 4.12. The number of amides is 1. The van der Waals surface area contributed by atoms with E-state index in [2.05, 4.69) is 16.8 Å². The van der Waals surface area contributed by atoms with Crippen LogP contribution >= 0.6 is 0 Å². The number of piperidine rings is 1. The number of ether oxygens (including phenoxy) is 1. The summed E-state index contributed by atoms with van der Waals surface area (Å²) < 4.78 is 21.4. The standard InChI is InChI=1S/C26H24FN5O3/c1-2-22(33)31-13-5-6-16(14-31)19-15-32(24-23(19)26(34)30-29-25(24)28)17-9-11-18(12-10-17)35-21-8-4-3-7-20(21)27/h2-4,7-12,15-16H,1,5-6,13-14H2,(H2,28,29)(H,30,34)/t16-/m1/s1.